The van der Waals surface area contributed by atoms with Crippen LogP contribution in [0.4, 0.5) is 0 Å². The molecule has 0 aromatic carbocycles. The average molecular weight is 106 g/mol. The van der Waals surface area contributed by atoms with Crippen LogP contribution in [0.1, 0.15) is 0 Å². The van der Waals surface area contributed by atoms with E-state index in [4.69, 9.17) is 10.2 Å². The van der Waals surface area contributed by atoms with Crippen molar-refractivity contribution in [3.05, 3.63) is 5.21 Å². The average Bonchev–Trinajstić information content (AvgIpc) is 1.72. The van der Waals surface area contributed by atoms with Gasteiger partial charge in [0.2, 0.25) is 0 Å². The molecule has 0 heterocycles. The summed E-state index contributed by atoms with van der Waals surface area (Å²) >= 11 is 0. The van der Waals surface area contributed by atoms with Crippen molar-refractivity contribution in [2.24, 2.45) is 0 Å². The highest BCUT2D eigenvalue weighted by molar-refractivity contribution is 4.61. The number of hydroxylamine groups is 1. The predicted octanol–water partition coefficient (Wildman–Crippen LogP) is -1.57. The van der Waals surface area contributed by atoms with Gasteiger partial charge in [0, 0.05) is 6.04 Å². The van der Waals surface area contributed by atoms with Gasteiger partial charge < -0.3 is 20.9 Å². The SMILES string of the molecule is [O-]NC(CO)CO. The van der Waals surface area contributed by atoms with Crippen molar-refractivity contribution >= 4 is 0 Å². The fourth-order valence-electron chi connectivity index (χ4n) is 0.132. The van der Waals surface area contributed by atoms with Gasteiger partial charge in [-0.25, -0.2) is 0 Å². The molecule has 4 heteroatoms. The largest absolute Gasteiger partial charge is 0.787 e. The van der Waals surface area contributed by atoms with Gasteiger partial charge in [0.05, 0.1) is 13.2 Å². The summed E-state index contributed by atoms with van der Waals surface area (Å²) < 4.78 is 0. The molecule has 0 atom stereocenters. The molecule has 44 valence electrons. The van der Waals surface area contributed by atoms with Crippen molar-refractivity contribution in [3.63, 3.8) is 0 Å². The molecule has 0 rings (SSSR count). The van der Waals surface area contributed by atoms with Crippen LogP contribution < -0.4 is 5.48 Å². The molecule has 0 fully saturated rings. The van der Waals surface area contributed by atoms with E-state index in [-0.39, 0.29) is 13.2 Å². The molecule has 0 aliphatic heterocycles. The van der Waals surface area contributed by atoms with Crippen LogP contribution in [0.15, 0.2) is 0 Å². The summed E-state index contributed by atoms with van der Waals surface area (Å²) in [7, 11) is 0. The molecular formula is C3H8NO3-. The van der Waals surface area contributed by atoms with E-state index in [0.717, 1.165) is 0 Å². The minimum absolute atomic E-state index is 0.319. The highest BCUT2D eigenvalue weighted by atomic mass is 16.5. The van der Waals surface area contributed by atoms with E-state index in [2.05, 4.69) is 0 Å². The van der Waals surface area contributed by atoms with Gasteiger partial charge in [-0.1, -0.05) is 0 Å². The molecule has 0 saturated heterocycles. The van der Waals surface area contributed by atoms with Crippen LogP contribution in [0, 0.1) is 5.21 Å². The van der Waals surface area contributed by atoms with Gasteiger partial charge >= 0.3 is 0 Å². The lowest BCUT2D eigenvalue weighted by atomic mass is 10.4. The molecular weight excluding hydrogens is 98.0 g/mol. The van der Waals surface area contributed by atoms with Crippen molar-refractivity contribution < 1.29 is 10.2 Å². The summed E-state index contributed by atoms with van der Waals surface area (Å²) in [6.07, 6.45) is 0. The zero-order chi connectivity index (χ0) is 5.70. The Kier molecular flexibility index (Phi) is 3.92. The van der Waals surface area contributed by atoms with E-state index in [1.54, 1.807) is 0 Å². The second kappa shape index (κ2) is 4.01. The maximum Gasteiger partial charge on any atom is 0.0598 e. The number of aliphatic hydroxyl groups excluding tert-OH is 2. The van der Waals surface area contributed by atoms with E-state index in [1.807, 2.05) is 0 Å². The first kappa shape index (κ1) is 6.84. The fraction of sp³-hybridized carbons (Fsp3) is 1.00. The second-order valence-electron chi connectivity index (χ2n) is 1.18. The van der Waals surface area contributed by atoms with Crippen molar-refractivity contribution in [2.45, 2.75) is 6.04 Å². The van der Waals surface area contributed by atoms with Gasteiger partial charge in [-0.15, -0.1) is 0 Å². The van der Waals surface area contributed by atoms with Gasteiger partial charge in [0.15, 0.2) is 0 Å². The minimum atomic E-state index is -0.708. The first-order chi connectivity index (χ1) is 3.35. The van der Waals surface area contributed by atoms with E-state index < -0.39 is 6.04 Å². The lowest BCUT2D eigenvalue weighted by molar-refractivity contribution is 0.180. The maximum atomic E-state index is 9.52. The monoisotopic (exact) mass is 106 g/mol. The van der Waals surface area contributed by atoms with Gasteiger partial charge in [0.25, 0.3) is 0 Å². The van der Waals surface area contributed by atoms with Crippen LogP contribution in [0.2, 0.25) is 0 Å². The molecule has 0 radical (unpaired) electrons. The highest BCUT2D eigenvalue weighted by Crippen LogP contribution is 1.73. The molecule has 0 bridgehead atoms. The molecule has 0 aliphatic rings. The molecule has 0 aromatic heterocycles. The van der Waals surface area contributed by atoms with Gasteiger partial charge in [-0.2, -0.15) is 0 Å². The van der Waals surface area contributed by atoms with Crippen molar-refractivity contribution in [1.82, 2.24) is 5.48 Å². The number of rotatable bonds is 3. The summed E-state index contributed by atoms with van der Waals surface area (Å²) in [6, 6.07) is -0.708. The Labute approximate surface area is 41.4 Å². The zero-order valence-corrected chi connectivity index (χ0v) is 3.79. The fourth-order valence-corrected chi connectivity index (χ4v) is 0.132. The quantitative estimate of drug-likeness (QED) is 0.380. The summed E-state index contributed by atoms with van der Waals surface area (Å²) in [5.41, 5.74) is 1.45. The van der Waals surface area contributed by atoms with Gasteiger partial charge in [-0.05, 0) is 0 Å². The van der Waals surface area contributed by atoms with E-state index >= 15 is 0 Å². The molecule has 3 N–H and O–H groups in total. The Morgan fingerprint density at radius 1 is 1.43 bits per heavy atom. The summed E-state index contributed by atoms with van der Waals surface area (Å²) in [4.78, 5) is 0. The molecule has 0 aliphatic carbocycles. The number of hydrogen-bond donors (Lipinski definition) is 3. The van der Waals surface area contributed by atoms with Crippen LogP contribution in [-0.2, 0) is 0 Å². The summed E-state index contributed by atoms with van der Waals surface area (Å²) in [5, 5.41) is 25.7. The van der Waals surface area contributed by atoms with E-state index in [1.165, 1.54) is 5.48 Å². The molecule has 4 nitrogen and oxygen atoms in total. The Balaban J connectivity index is 2.99. The van der Waals surface area contributed by atoms with Crippen LogP contribution in [-0.4, -0.2) is 29.5 Å². The topological polar surface area (TPSA) is 75.5 Å². The Morgan fingerprint density at radius 3 is 1.86 bits per heavy atom. The van der Waals surface area contributed by atoms with Crippen LogP contribution in [0.5, 0.6) is 0 Å². The summed E-state index contributed by atoms with van der Waals surface area (Å²) in [5.74, 6) is 0. The third kappa shape index (κ3) is 2.52. The molecule has 0 unspecified atom stereocenters. The lowest BCUT2D eigenvalue weighted by Gasteiger charge is -2.15. The Morgan fingerprint density at radius 2 is 1.86 bits per heavy atom. The Bertz CT molecular complexity index is 31.7. The first-order valence-corrected chi connectivity index (χ1v) is 1.94. The predicted molar refractivity (Wildman–Crippen MR) is 24.5 cm³/mol. The number of aliphatic hydroxyl groups is 2. The molecule has 0 saturated carbocycles. The van der Waals surface area contributed by atoms with Gasteiger partial charge in [0.1, 0.15) is 0 Å². The highest BCUT2D eigenvalue weighted by Gasteiger charge is 1.94. The number of nitrogens with one attached hydrogen (secondary N) is 1. The third-order valence-corrected chi connectivity index (χ3v) is 0.607. The lowest BCUT2D eigenvalue weighted by Crippen LogP contribution is -2.30. The molecule has 0 aromatic rings. The zero-order valence-electron chi connectivity index (χ0n) is 3.79. The van der Waals surface area contributed by atoms with Crippen LogP contribution >= 0.6 is 0 Å². The maximum absolute atomic E-state index is 9.52. The standard InChI is InChI=1S/C3H8NO3/c5-1-3(2-6)4-7/h3-6H,1-2H2/q-1. The van der Waals surface area contributed by atoms with E-state index in [9.17, 15) is 5.21 Å². The second-order valence-corrected chi connectivity index (χ2v) is 1.18. The van der Waals surface area contributed by atoms with Crippen LogP contribution in [0.3, 0.4) is 0 Å². The minimum Gasteiger partial charge on any atom is -0.787 e. The molecule has 0 amide bonds. The summed E-state index contributed by atoms with van der Waals surface area (Å²) in [6.45, 7) is -0.639. The molecule has 7 heavy (non-hydrogen) atoms. The normalized spacial score (nSPS) is 10.3. The Hall–Kier alpha value is -0.160. The number of hydrogen-bond acceptors (Lipinski definition) is 4. The molecule has 0 spiro atoms. The van der Waals surface area contributed by atoms with Crippen molar-refractivity contribution in [3.8, 4) is 0 Å². The van der Waals surface area contributed by atoms with E-state index in [0.29, 0.717) is 0 Å². The van der Waals surface area contributed by atoms with Gasteiger partial charge in [-0.3, -0.25) is 0 Å². The third-order valence-electron chi connectivity index (χ3n) is 0.607. The van der Waals surface area contributed by atoms with Crippen molar-refractivity contribution in [1.29, 1.82) is 0 Å². The van der Waals surface area contributed by atoms with Crippen molar-refractivity contribution in [2.75, 3.05) is 13.2 Å². The first-order valence-electron chi connectivity index (χ1n) is 1.94. The smallest absolute Gasteiger partial charge is 0.0598 e. The van der Waals surface area contributed by atoms with Crippen LogP contribution in [0.25, 0.3) is 0 Å².